The van der Waals surface area contributed by atoms with Gasteiger partial charge in [0.15, 0.2) is 0 Å². The minimum atomic E-state index is 0.115. The SMILES string of the molecule is Cc1cccc(NC(=O)C2CCN(Cc3cccc(Br)c3)CC2)c1. The molecular formula is C20H23BrN2O. The smallest absolute Gasteiger partial charge is 0.227 e. The van der Waals surface area contributed by atoms with Crippen LogP contribution in [0, 0.1) is 12.8 Å². The molecule has 1 aliphatic heterocycles. The molecule has 0 spiro atoms. The summed E-state index contributed by atoms with van der Waals surface area (Å²) < 4.78 is 1.12. The molecule has 0 radical (unpaired) electrons. The lowest BCUT2D eigenvalue weighted by molar-refractivity contribution is -0.121. The molecule has 3 nitrogen and oxygen atoms in total. The molecule has 1 aliphatic rings. The Morgan fingerprint density at radius 1 is 1.17 bits per heavy atom. The fourth-order valence-electron chi connectivity index (χ4n) is 3.21. The molecule has 126 valence electrons. The third-order valence-corrected chi connectivity index (χ3v) is 5.03. The van der Waals surface area contributed by atoms with E-state index in [-0.39, 0.29) is 11.8 Å². The molecule has 2 aromatic carbocycles. The van der Waals surface area contributed by atoms with Crippen molar-refractivity contribution < 1.29 is 4.79 Å². The Hall–Kier alpha value is -1.65. The zero-order valence-corrected chi connectivity index (χ0v) is 15.6. The third kappa shape index (κ3) is 4.68. The standard InChI is InChI=1S/C20H23BrN2O/c1-15-4-2-7-19(12-15)22-20(24)17-8-10-23(11-9-17)14-16-5-3-6-18(21)13-16/h2-7,12-13,17H,8-11,14H2,1H3,(H,22,24). The van der Waals surface area contributed by atoms with E-state index < -0.39 is 0 Å². The van der Waals surface area contributed by atoms with Crippen LogP contribution < -0.4 is 5.32 Å². The number of hydrogen-bond donors (Lipinski definition) is 1. The molecule has 0 bridgehead atoms. The summed E-state index contributed by atoms with van der Waals surface area (Å²) in [6, 6.07) is 16.4. The van der Waals surface area contributed by atoms with E-state index in [4.69, 9.17) is 0 Å². The van der Waals surface area contributed by atoms with Gasteiger partial charge in [-0.25, -0.2) is 0 Å². The van der Waals surface area contributed by atoms with Crippen molar-refractivity contribution in [1.82, 2.24) is 4.90 Å². The highest BCUT2D eigenvalue weighted by atomic mass is 79.9. The Bertz CT molecular complexity index is 708. The van der Waals surface area contributed by atoms with Gasteiger partial charge in [0.05, 0.1) is 0 Å². The summed E-state index contributed by atoms with van der Waals surface area (Å²) in [4.78, 5) is 14.9. The summed E-state index contributed by atoms with van der Waals surface area (Å²) >= 11 is 3.52. The van der Waals surface area contributed by atoms with Crippen LogP contribution in [0.5, 0.6) is 0 Å². The van der Waals surface area contributed by atoms with E-state index in [1.165, 1.54) is 5.56 Å². The molecule has 24 heavy (non-hydrogen) atoms. The first-order valence-corrected chi connectivity index (χ1v) is 9.24. The number of carbonyl (C=O) groups excluding carboxylic acids is 1. The Morgan fingerprint density at radius 3 is 2.62 bits per heavy atom. The van der Waals surface area contributed by atoms with Crippen LogP contribution in [-0.2, 0) is 11.3 Å². The molecule has 4 heteroatoms. The van der Waals surface area contributed by atoms with E-state index in [0.29, 0.717) is 0 Å². The number of carbonyl (C=O) groups is 1. The monoisotopic (exact) mass is 386 g/mol. The minimum absolute atomic E-state index is 0.115. The van der Waals surface area contributed by atoms with Crippen LogP contribution in [0.4, 0.5) is 5.69 Å². The Labute approximate surface area is 152 Å². The fourth-order valence-corrected chi connectivity index (χ4v) is 3.66. The number of aryl methyl sites for hydroxylation is 1. The highest BCUT2D eigenvalue weighted by molar-refractivity contribution is 9.10. The minimum Gasteiger partial charge on any atom is -0.326 e. The van der Waals surface area contributed by atoms with Crippen LogP contribution >= 0.6 is 15.9 Å². The molecular weight excluding hydrogens is 364 g/mol. The van der Waals surface area contributed by atoms with Crippen molar-refractivity contribution in [2.24, 2.45) is 5.92 Å². The number of amides is 1. The largest absolute Gasteiger partial charge is 0.326 e. The number of halogens is 1. The summed E-state index contributed by atoms with van der Waals surface area (Å²) in [7, 11) is 0. The normalized spacial score (nSPS) is 16.1. The maximum Gasteiger partial charge on any atom is 0.227 e. The van der Waals surface area contributed by atoms with Crippen LogP contribution in [0.2, 0.25) is 0 Å². The molecule has 0 aromatic heterocycles. The van der Waals surface area contributed by atoms with E-state index in [2.05, 4.69) is 44.3 Å². The molecule has 0 atom stereocenters. The van der Waals surface area contributed by atoms with Crippen molar-refractivity contribution in [2.45, 2.75) is 26.3 Å². The lowest BCUT2D eigenvalue weighted by atomic mass is 9.95. The molecule has 1 fully saturated rings. The first kappa shape index (κ1) is 17.2. The van der Waals surface area contributed by atoms with Crippen molar-refractivity contribution in [3.8, 4) is 0 Å². The molecule has 2 aromatic rings. The lowest BCUT2D eigenvalue weighted by Crippen LogP contribution is -2.37. The molecule has 3 rings (SSSR count). The fraction of sp³-hybridized carbons (Fsp3) is 0.350. The number of piperidine rings is 1. The maximum absolute atomic E-state index is 12.5. The highest BCUT2D eigenvalue weighted by Gasteiger charge is 2.25. The first-order valence-electron chi connectivity index (χ1n) is 8.44. The van der Waals surface area contributed by atoms with Gasteiger partial charge in [0, 0.05) is 22.6 Å². The molecule has 1 saturated heterocycles. The average Bonchev–Trinajstić information content (AvgIpc) is 2.55. The first-order chi connectivity index (χ1) is 11.6. The van der Waals surface area contributed by atoms with Crippen LogP contribution in [0.3, 0.4) is 0 Å². The Morgan fingerprint density at radius 2 is 1.92 bits per heavy atom. The quantitative estimate of drug-likeness (QED) is 0.831. The second-order valence-corrected chi connectivity index (χ2v) is 7.45. The van der Waals surface area contributed by atoms with E-state index in [9.17, 15) is 4.79 Å². The van der Waals surface area contributed by atoms with Crippen molar-refractivity contribution >= 4 is 27.5 Å². The number of nitrogens with zero attached hydrogens (tertiary/aromatic N) is 1. The molecule has 1 heterocycles. The van der Waals surface area contributed by atoms with Gasteiger partial charge in [0.1, 0.15) is 0 Å². The predicted octanol–water partition coefficient (Wildman–Crippen LogP) is 4.61. The van der Waals surface area contributed by atoms with Crippen LogP contribution in [0.15, 0.2) is 53.0 Å². The van der Waals surface area contributed by atoms with E-state index in [1.54, 1.807) is 0 Å². The number of nitrogens with one attached hydrogen (secondary N) is 1. The number of likely N-dealkylation sites (tertiary alicyclic amines) is 1. The van der Waals surface area contributed by atoms with E-state index >= 15 is 0 Å². The second-order valence-electron chi connectivity index (χ2n) is 6.54. The van der Waals surface area contributed by atoms with Crippen LogP contribution in [-0.4, -0.2) is 23.9 Å². The van der Waals surface area contributed by atoms with Gasteiger partial charge in [0.25, 0.3) is 0 Å². The van der Waals surface area contributed by atoms with Gasteiger partial charge in [-0.3, -0.25) is 9.69 Å². The van der Waals surface area contributed by atoms with Crippen molar-refractivity contribution in [3.63, 3.8) is 0 Å². The predicted molar refractivity (Wildman–Crippen MR) is 102 cm³/mol. The Kier molecular flexibility index (Phi) is 5.69. The van der Waals surface area contributed by atoms with Gasteiger partial charge >= 0.3 is 0 Å². The maximum atomic E-state index is 12.5. The zero-order chi connectivity index (χ0) is 16.9. The van der Waals surface area contributed by atoms with Gasteiger partial charge in [0.2, 0.25) is 5.91 Å². The van der Waals surface area contributed by atoms with Gasteiger partial charge in [-0.2, -0.15) is 0 Å². The van der Waals surface area contributed by atoms with Crippen LogP contribution in [0.1, 0.15) is 24.0 Å². The van der Waals surface area contributed by atoms with Gasteiger partial charge in [-0.05, 0) is 68.2 Å². The number of rotatable bonds is 4. The average molecular weight is 387 g/mol. The van der Waals surface area contributed by atoms with E-state index in [0.717, 1.165) is 48.2 Å². The van der Waals surface area contributed by atoms with Gasteiger partial charge in [-0.15, -0.1) is 0 Å². The summed E-state index contributed by atoms with van der Waals surface area (Å²) in [5.41, 5.74) is 3.38. The number of benzene rings is 2. The van der Waals surface area contributed by atoms with Crippen molar-refractivity contribution in [2.75, 3.05) is 18.4 Å². The molecule has 0 saturated carbocycles. The van der Waals surface area contributed by atoms with Gasteiger partial charge in [-0.1, -0.05) is 40.2 Å². The molecule has 1 amide bonds. The lowest BCUT2D eigenvalue weighted by Gasteiger charge is -2.31. The molecule has 0 aliphatic carbocycles. The number of anilines is 1. The highest BCUT2D eigenvalue weighted by Crippen LogP contribution is 2.22. The topological polar surface area (TPSA) is 32.3 Å². The van der Waals surface area contributed by atoms with Crippen molar-refractivity contribution in [3.05, 3.63) is 64.1 Å². The summed E-state index contributed by atoms with van der Waals surface area (Å²) in [5, 5.41) is 3.06. The molecule has 1 N–H and O–H groups in total. The third-order valence-electron chi connectivity index (χ3n) is 4.54. The second kappa shape index (κ2) is 7.95. The summed E-state index contributed by atoms with van der Waals surface area (Å²) in [5.74, 6) is 0.270. The van der Waals surface area contributed by atoms with Gasteiger partial charge < -0.3 is 5.32 Å². The molecule has 0 unspecified atom stereocenters. The zero-order valence-electron chi connectivity index (χ0n) is 14.0. The Balaban J connectivity index is 1.50. The summed E-state index contributed by atoms with van der Waals surface area (Å²) in [6.07, 6.45) is 1.84. The van der Waals surface area contributed by atoms with Crippen LogP contribution in [0.25, 0.3) is 0 Å². The van der Waals surface area contributed by atoms with E-state index in [1.807, 2.05) is 37.3 Å². The van der Waals surface area contributed by atoms with Crippen molar-refractivity contribution in [1.29, 1.82) is 0 Å². The number of hydrogen-bond acceptors (Lipinski definition) is 2. The summed E-state index contributed by atoms with van der Waals surface area (Å²) in [6.45, 7) is 4.93.